The van der Waals surface area contributed by atoms with Crippen LogP contribution in [0.2, 0.25) is 0 Å². The first-order valence-electron chi connectivity index (χ1n) is 2.42. The normalized spacial score (nSPS) is 7.50. The Labute approximate surface area is 85.4 Å². The molecule has 0 heterocycles. The molecule has 0 aromatic carbocycles. The fourth-order valence-electron chi connectivity index (χ4n) is 0.447. The molecule has 0 aliphatic rings. The maximum absolute atomic E-state index is 2.18. The molecule has 0 unspecified atom stereocenters. The summed E-state index contributed by atoms with van der Waals surface area (Å²) in [6, 6.07) is 0. The molecule has 0 radical (unpaired) electrons. The number of halogens is 1. The Balaban J connectivity index is -0.000000125. The van der Waals surface area contributed by atoms with Crippen molar-refractivity contribution in [2.45, 2.75) is 13.3 Å². The SMILES string of the molecule is CCCN(C)C.[I-].[Mg+2]. The van der Waals surface area contributed by atoms with Crippen molar-refractivity contribution < 1.29 is 24.0 Å². The second-order valence-corrected chi connectivity index (χ2v) is 1.80. The molecular weight excluding hydrogens is 225 g/mol. The second-order valence-electron chi connectivity index (χ2n) is 1.80. The Bertz CT molecular complexity index is 33.6. The minimum Gasteiger partial charge on any atom is -1.00 e. The van der Waals surface area contributed by atoms with Gasteiger partial charge >= 0.3 is 23.1 Å². The van der Waals surface area contributed by atoms with Crippen LogP contribution in [0.4, 0.5) is 0 Å². The van der Waals surface area contributed by atoms with Crippen LogP contribution in [0.25, 0.3) is 0 Å². The van der Waals surface area contributed by atoms with Gasteiger partial charge in [0.25, 0.3) is 0 Å². The van der Waals surface area contributed by atoms with Gasteiger partial charge in [-0.25, -0.2) is 0 Å². The van der Waals surface area contributed by atoms with Gasteiger partial charge in [0.1, 0.15) is 0 Å². The van der Waals surface area contributed by atoms with Gasteiger partial charge in [-0.15, -0.1) is 0 Å². The van der Waals surface area contributed by atoms with Crippen LogP contribution in [-0.4, -0.2) is 48.6 Å². The predicted molar refractivity (Wildman–Crippen MR) is 34.6 cm³/mol. The van der Waals surface area contributed by atoms with Crippen molar-refractivity contribution in [3.8, 4) is 0 Å². The van der Waals surface area contributed by atoms with E-state index in [0.29, 0.717) is 0 Å². The smallest absolute Gasteiger partial charge is 1.00 e. The number of nitrogens with zero attached hydrogens (tertiary/aromatic N) is 1. The van der Waals surface area contributed by atoms with Crippen LogP contribution in [0.5, 0.6) is 0 Å². The standard InChI is InChI=1S/C5H13N.HI.Mg/c1-4-5-6(2)3;;/h4-5H2,1-3H3;1H;/q;;+2/p-1. The van der Waals surface area contributed by atoms with E-state index in [0.717, 1.165) is 0 Å². The van der Waals surface area contributed by atoms with Gasteiger partial charge in [-0.2, -0.15) is 0 Å². The summed E-state index contributed by atoms with van der Waals surface area (Å²) in [6.07, 6.45) is 1.26. The quantitative estimate of drug-likeness (QED) is 0.382. The first-order valence-corrected chi connectivity index (χ1v) is 2.42. The molecule has 46 valence electrons. The molecular formula is C5H13IMgN+. The molecule has 0 bridgehead atoms. The number of hydrogen-bond acceptors (Lipinski definition) is 1. The number of hydrogen-bond donors (Lipinski definition) is 0. The summed E-state index contributed by atoms with van der Waals surface area (Å²) in [5.41, 5.74) is 0. The first-order chi connectivity index (χ1) is 2.77. The van der Waals surface area contributed by atoms with Crippen LogP contribution in [0.1, 0.15) is 13.3 Å². The Morgan fingerprint density at radius 2 is 1.62 bits per heavy atom. The predicted octanol–water partition coefficient (Wildman–Crippen LogP) is -2.42. The zero-order chi connectivity index (χ0) is 4.99. The molecule has 0 amide bonds. The third kappa shape index (κ3) is 15.7. The van der Waals surface area contributed by atoms with Crippen LogP contribution in [-0.2, 0) is 0 Å². The van der Waals surface area contributed by atoms with Gasteiger partial charge in [0, 0.05) is 0 Å². The van der Waals surface area contributed by atoms with Crippen LogP contribution in [0.3, 0.4) is 0 Å². The topological polar surface area (TPSA) is 3.24 Å². The fourth-order valence-corrected chi connectivity index (χ4v) is 0.447. The monoisotopic (exact) mass is 238 g/mol. The van der Waals surface area contributed by atoms with E-state index < -0.39 is 0 Å². The Kier molecular flexibility index (Phi) is 22.9. The summed E-state index contributed by atoms with van der Waals surface area (Å²) in [5.74, 6) is 0. The van der Waals surface area contributed by atoms with Crippen molar-refractivity contribution >= 4 is 23.1 Å². The number of rotatable bonds is 2. The van der Waals surface area contributed by atoms with E-state index in [4.69, 9.17) is 0 Å². The maximum atomic E-state index is 2.18. The summed E-state index contributed by atoms with van der Waals surface area (Å²) in [4.78, 5) is 2.18. The van der Waals surface area contributed by atoms with E-state index >= 15 is 0 Å². The van der Waals surface area contributed by atoms with Crippen LogP contribution >= 0.6 is 0 Å². The summed E-state index contributed by atoms with van der Waals surface area (Å²) in [7, 11) is 4.17. The van der Waals surface area contributed by atoms with Crippen molar-refractivity contribution in [1.29, 1.82) is 0 Å². The van der Waals surface area contributed by atoms with Crippen molar-refractivity contribution in [2.75, 3.05) is 20.6 Å². The molecule has 0 rings (SSSR count). The molecule has 0 fully saturated rings. The Morgan fingerprint density at radius 1 is 1.25 bits per heavy atom. The Hall–Kier alpha value is 1.46. The third-order valence-corrected chi connectivity index (χ3v) is 0.671. The molecule has 0 saturated heterocycles. The second kappa shape index (κ2) is 11.3. The Morgan fingerprint density at radius 3 is 1.62 bits per heavy atom. The molecule has 1 nitrogen and oxygen atoms in total. The maximum Gasteiger partial charge on any atom is 2.00 e. The average molecular weight is 238 g/mol. The van der Waals surface area contributed by atoms with Gasteiger partial charge in [0.05, 0.1) is 0 Å². The summed E-state index contributed by atoms with van der Waals surface area (Å²) in [6.45, 7) is 3.39. The zero-order valence-corrected chi connectivity index (χ0v) is 9.52. The molecule has 0 spiro atoms. The van der Waals surface area contributed by atoms with Crippen molar-refractivity contribution in [1.82, 2.24) is 4.90 Å². The fraction of sp³-hybridized carbons (Fsp3) is 1.00. The van der Waals surface area contributed by atoms with E-state index in [1.54, 1.807) is 0 Å². The van der Waals surface area contributed by atoms with E-state index in [1.807, 2.05) is 0 Å². The van der Waals surface area contributed by atoms with Crippen LogP contribution in [0.15, 0.2) is 0 Å². The first kappa shape index (κ1) is 16.2. The van der Waals surface area contributed by atoms with Crippen molar-refractivity contribution in [2.24, 2.45) is 0 Å². The minimum absolute atomic E-state index is 0. The molecule has 3 heteroatoms. The van der Waals surface area contributed by atoms with Crippen molar-refractivity contribution in [3.63, 3.8) is 0 Å². The molecule has 0 atom stereocenters. The van der Waals surface area contributed by atoms with Crippen LogP contribution in [0, 0.1) is 0 Å². The van der Waals surface area contributed by atoms with Gasteiger partial charge in [-0.05, 0) is 27.1 Å². The average Bonchev–Trinajstić information content (AvgIpc) is 1.35. The largest absolute Gasteiger partial charge is 2.00 e. The van der Waals surface area contributed by atoms with Gasteiger partial charge in [0.2, 0.25) is 0 Å². The molecule has 0 aromatic heterocycles. The summed E-state index contributed by atoms with van der Waals surface area (Å²) < 4.78 is 0. The molecule has 0 N–H and O–H groups in total. The van der Waals surface area contributed by atoms with E-state index in [-0.39, 0.29) is 47.0 Å². The van der Waals surface area contributed by atoms with Gasteiger partial charge in [-0.3, -0.25) is 0 Å². The zero-order valence-electron chi connectivity index (χ0n) is 5.95. The van der Waals surface area contributed by atoms with E-state index in [9.17, 15) is 0 Å². The summed E-state index contributed by atoms with van der Waals surface area (Å²) >= 11 is 0. The molecule has 8 heavy (non-hydrogen) atoms. The van der Waals surface area contributed by atoms with Gasteiger partial charge in [-0.1, -0.05) is 6.92 Å². The van der Waals surface area contributed by atoms with Crippen molar-refractivity contribution in [3.05, 3.63) is 0 Å². The van der Waals surface area contributed by atoms with Crippen LogP contribution < -0.4 is 24.0 Å². The van der Waals surface area contributed by atoms with Gasteiger partial charge < -0.3 is 28.9 Å². The molecule has 0 aliphatic heterocycles. The molecule has 0 aromatic rings. The van der Waals surface area contributed by atoms with E-state index in [2.05, 4.69) is 25.9 Å². The molecule has 0 aliphatic carbocycles. The summed E-state index contributed by atoms with van der Waals surface area (Å²) in [5, 5.41) is 0. The van der Waals surface area contributed by atoms with Gasteiger partial charge in [0.15, 0.2) is 0 Å². The minimum atomic E-state index is 0. The third-order valence-electron chi connectivity index (χ3n) is 0.671. The molecule has 0 saturated carbocycles. The van der Waals surface area contributed by atoms with E-state index in [1.165, 1.54) is 13.0 Å².